The van der Waals surface area contributed by atoms with E-state index in [1.54, 1.807) is 30.3 Å². The zero-order valence-corrected chi connectivity index (χ0v) is 15.7. The van der Waals surface area contributed by atoms with E-state index >= 15 is 0 Å². The Balaban J connectivity index is 1.84. The van der Waals surface area contributed by atoms with Crippen molar-refractivity contribution in [1.82, 2.24) is 9.97 Å². The molecule has 1 N–H and O–H groups in total. The number of hydrogen-bond donors (Lipinski definition) is 1. The Morgan fingerprint density at radius 2 is 1.78 bits per heavy atom. The lowest BCUT2D eigenvalue weighted by atomic mass is 10.1. The summed E-state index contributed by atoms with van der Waals surface area (Å²) >= 11 is 0. The summed E-state index contributed by atoms with van der Waals surface area (Å²) < 4.78 is 4.77. The molecule has 0 radical (unpaired) electrons. The Morgan fingerprint density at radius 3 is 2.48 bits per heavy atom. The van der Waals surface area contributed by atoms with E-state index in [2.05, 4.69) is 20.2 Å². The average Bonchev–Trinajstić information content (AvgIpc) is 2.97. The Bertz CT molecular complexity index is 830. The summed E-state index contributed by atoms with van der Waals surface area (Å²) in [5, 5.41) is 2.76. The summed E-state index contributed by atoms with van der Waals surface area (Å²) in [5.41, 5.74) is 1.70. The lowest BCUT2D eigenvalue weighted by Crippen LogP contribution is -2.27. The highest BCUT2D eigenvalue weighted by molar-refractivity contribution is 6.07. The molecule has 1 amide bonds. The number of para-hydroxylation sites is 1. The summed E-state index contributed by atoms with van der Waals surface area (Å²) in [6.07, 6.45) is 4.62. The van der Waals surface area contributed by atoms with E-state index in [4.69, 9.17) is 4.74 Å². The zero-order valence-electron chi connectivity index (χ0n) is 15.7. The Kier molecular flexibility index (Phi) is 6.01. The molecule has 2 heterocycles. The van der Waals surface area contributed by atoms with E-state index < -0.39 is 5.97 Å². The van der Waals surface area contributed by atoms with Crippen LogP contribution in [0.1, 0.15) is 52.2 Å². The molecule has 7 nitrogen and oxygen atoms in total. The van der Waals surface area contributed by atoms with E-state index in [1.807, 2.05) is 6.92 Å². The molecule has 0 saturated carbocycles. The van der Waals surface area contributed by atoms with Crippen molar-refractivity contribution in [3.05, 3.63) is 47.3 Å². The fourth-order valence-electron chi connectivity index (χ4n) is 3.15. The number of benzene rings is 1. The van der Waals surface area contributed by atoms with E-state index in [0.717, 1.165) is 31.6 Å². The first-order chi connectivity index (χ1) is 13.1. The van der Waals surface area contributed by atoms with Gasteiger partial charge in [0.15, 0.2) is 0 Å². The number of ether oxygens (including phenoxy) is 1. The third-order valence-electron chi connectivity index (χ3n) is 4.54. The molecule has 1 aromatic carbocycles. The number of nitrogens with one attached hydrogen (secondary N) is 1. The molecule has 0 aliphatic carbocycles. The predicted molar refractivity (Wildman–Crippen MR) is 103 cm³/mol. The van der Waals surface area contributed by atoms with Crippen molar-refractivity contribution >= 4 is 23.5 Å². The van der Waals surface area contributed by atoms with Crippen molar-refractivity contribution in [2.45, 2.75) is 32.6 Å². The molecule has 0 bridgehead atoms. The van der Waals surface area contributed by atoms with Gasteiger partial charge in [-0.25, -0.2) is 14.8 Å². The van der Waals surface area contributed by atoms with Crippen LogP contribution in [0.25, 0.3) is 0 Å². The number of carbonyl (C=O) groups excluding carboxylic acids is 2. The molecule has 142 valence electrons. The van der Waals surface area contributed by atoms with Crippen LogP contribution in [0, 0.1) is 6.92 Å². The SMILES string of the molecule is COC(=O)c1ccccc1NC(=O)c1cc(C)nc(N2CCCCCC2)n1. The normalized spacial score (nSPS) is 14.4. The molecule has 1 saturated heterocycles. The van der Waals surface area contributed by atoms with Crippen LogP contribution in [-0.2, 0) is 4.74 Å². The molecular weight excluding hydrogens is 344 g/mol. The molecule has 7 heteroatoms. The third-order valence-corrected chi connectivity index (χ3v) is 4.54. The molecule has 27 heavy (non-hydrogen) atoms. The van der Waals surface area contributed by atoms with Crippen LogP contribution < -0.4 is 10.2 Å². The second-order valence-corrected chi connectivity index (χ2v) is 6.59. The predicted octanol–water partition coefficient (Wildman–Crippen LogP) is 3.20. The number of esters is 1. The van der Waals surface area contributed by atoms with Crippen LogP contribution in [0.15, 0.2) is 30.3 Å². The molecule has 3 rings (SSSR count). The Morgan fingerprint density at radius 1 is 1.07 bits per heavy atom. The maximum absolute atomic E-state index is 12.8. The Labute approximate surface area is 158 Å². The van der Waals surface area contributed by atoms with Crippen molar-refractivity contribution in [2.24, 2.45) is 0 Å². The van der Waals surface area contributed by atoms with Crippen LogP contribution in [0.4, 0.5) is 11.6 Å². The molecule has 2 aromatic rings. The first kappa shape index (κ1) is 18.8. The summed E-state index contributed by atoms with van der Waals surface area (Å²) in [6, 6.07) is 8.38. The second-order valence-electron chi connectivity index (χ2n) is 6.59. The number of aryl methyl sites for hydroxylation is 1. The summed E-state index contributed by atoms with van der Waals surface area (Å²) in [5.74, 6) is -0.300. The molecule has 1 aromatic heterocycles. The maximum Gasteiger partial charge on any atom is 0.339 e. The lowest BCUT2D eigenvalue weighted by molar-refractivity contribution is 0.0602. The summed E-state index contributed by atoms with van der Waals surface area (Å²) in [7, 11) is 1.31. The van der Waals surface area contributed by atoms with Gasteiger partial charge in [-0.1, -0.05) is 25.0 Å². The highest BCUT2D eigenvalue weighted by Crippen LogP contribution is 2.19. The van der Waals surface area contributed by atoms with Crippen LogP contribution in [0.5, 0.6) is 0 Å². The quantitative estimate of drug-likeness (QED) is 0.834. The van der Waals surface area contributed by atoms with Gasteiger partial charge in [0.05, 0.1) is 18.4 Å². The van der Waals surface area contributed by atoms with Crippen LogP contribution in [-0.4, -0.2) is 42.0 Å². The van der Waals surface area contributed by atoms with Gasteiger partial charge in [0.25, 0.3) is 5.91 Å². The molecule has 1 aliphatic rings. The van der Waals surface area contributed by atoms with Gasteiger partial charge in [-0.15, -0.1) is 0 Å². The van der Waals surface area contributed by atoms with E-state index in [-0.39, 0.29) is 11.6 Å². The van der Waals surface area contributed by atoms with Crippen LogP contribution >= 0.6 is 0 Å². The zero-order chi connectivity index (χ0) is 19.2. The minimum atomic E-state index is -0.505. The van der Waals surface area contributed by atoms with Crippen molar-refractivity contribution < 1.29 is 14.3 Å². The van der Waals surface area contributed by atoms with Crippen molar-refractivity contribution in [3.8, 4) is 0 Å². The van der Waals surface area contributed by atoms with Gasteiger partial charge in [0, 0.05) is 18.8 Å². The summed E-state index contributed by atoms with van der Waals surface area (Å²) in [6.45, 7) is 3.65. The number of methoxy groups -OCH3 is 1. The maximum atomic E-state index is 12.8. The first-order valence-corrected chi connectivity index (χ1v) is 9.18. The number of aromatic nitrogens is 2. The van der Waals surface area contributed by atoms with Gasteiger partial charge in [-0.05, 0) is 38.0 Å². The van der Waals surface area contributed by atoms with E-state index in [1.165, 1.54) is 20.0 Å². The Hall–Kier alpha value is -2.96. The van der Waals surface area contributed by atoms with Gasteiger partial charge < -0.3 is 15.0 Å². The van der Waals surface area contributed by atoms with Crippen molar-refractivity contribution in [2.75, 3.05) is 30.4 Å². The first-order valence-electron chi connectivity index (χ1n) is 9.18. The number of nitrogens with zero attached hydrogens (tertiary/aromatic N) is 3. The summed E-state index contributed by atoms with van der Waals surface area (Å²) in [4.78, 5) is 35.8. The highest BCUT2D eigenvalue weighted by Gasteiger charge is 2.18. The minimum absolute atomic E-state index is 0.279. The van der Waals surface area contributed by atoms with Crippen LogP contribution in [0.3, 0.4) is 0 Å². The molecule has 1 fully saturated rings. The molecule has 0 unspecified atom stereocenters. The smallest absolute Gasteiger partial charge is 0.339 e. The van der Waals surface area contributed by atoms with Crippen molar-refractivity contribution in [3.63, 3.8) is 0 Å². The molecule has 0 spiro atoms. The number of anilines is 2. The monoisotopic (exact) mass is 368 g/mol. The van der Waals surface area contributed by atoms with Gasteiger partial charge >= 0.3 is 5.97 Å². The fraction of sp³-hybridized carbons (Fsp3) is 0.400. The standard InChI is InChI=1S/C20H24N4O3/c1-14-13-17(23-20(21-14)24-11-7-3-4-8-12-24)18(25)22-16-10-6-5-9-15(16)19(26)27-2/h5-6,9-10,13H,3-4,7-8,11-12H2,1-2H3,(H,22,25). The van der Waals surface area contributed by atoms with Gasteiger partial charge in [0.1, 0.15) is 5.69 Å². The topological polar surface area (TPSA) is 84.4 Å². The molecule has 1 aliphatic heterocycles. The van der Waals surface area contributed by atoms with E-state index in [9.17, 15) is 9.59 Å². The molecular formula is C20H24N4O3. The second kappa shape index (κ2) is 8.62. The number of amides is 1. The van der Waals surface area contributed by atoms with E-state index in [0.29, 0.717) is 17.2 Å². The molecule has 0 atom stereocenters. The average molecular weight is 368 g/mol. The minimum Gasteiger partial charge on any atom is -0.465 e. The number of rotatable bonds is 4. The number of hydrogen-bond acceptors (Lipinski definition) is 6. The number of carbonyl (C=O) groups is 2. The van der Waals surface area contributed by atoms with Gasteiger partial charge in [-0.3, -0.25) is 4.79 Å². The van der Waals surface area contributed by atoms with Gasteiger partial charge in [0.2, 0.25) is 5.95 Å². The fourth-order valence-corrected chi connectivity index (χ4v) is 3.15. The van der Waals surface area contributed by atoms with Crippen molar-refractivity contribution in [1.29, 1.82) is 0 Å². The largest absolute Gasteiger partial charge is 0.465 e. The van der Waals surface area contributed by atoms with Crippen LogP contribution in [0.2, 0.25) is 0 Å². The highest BCUT2D eigenvalue weighted by atomic mass is 16.5. The third kappa shape index (κ3) is 4.61. The van der Waals surface area contributed by atoms with Gasteiger partial charge in [-0.2, -0.15) is 0 Å². The lowest BCUT2D eigenvalue weighted by Gasteiger charge is -2.21.